The van der Waals surface area contributed by atoms with Crippen LogP contribution in [-0.4, -0.2) is 30.6 Å². The molecule has 0 radical (unpaired) electrons. The second-order valence-electron chi connectivity index (χ2n) is 6.46. The Kier molecular flexibility index (Phi) is 5.48. The minimum absolute atomic E-state index is 0.0182. The smallest absolute Gasteiger partial charge is 0.306 e. The minimum Gasteiger partial charge on any atom is -0.469 e. The normalized spacial score (nSPS) is 27.2. The van der Waals surface area contributed by atoms with E-state index >= 15 is 0 Å². The Morgan fingerprint density at radius 3 is 2.35 bits per heavy atom. The number of rotatable bonds is 6. The number of hydrogen-bond acceptors (Lipinski definition) is 4. The maximum Gasteiger partial charge on any atom is 0.306 e. The van der Waals surface area contributed by atoms with Crippen LogP contribution in [0.2, 0.25) is 5.02 Å². The van der Waals surface area contributed by atoms with E-state index in [0.29, 0.717) is 30.7 Å². The maximum atomic E-state index is 13.1. The van der Waals surface area contributed by atoms with Crippen LogP contribution in [0.4, 0.5) is 0 Å². The lowest BCUT2D eigenvalue weighted by atomic mass is 9.72. The summed E-state index contributed by atoms with van der Waals surface area (Å²) in [5.74, 6) is -0.410. The number of hydrogen-bond donors (Lipinski definition) is 1. The fourth-order valence-corrected chi connectivity index (χ4v) is 3.74. The lowest BCUT2D eigenvalue weighted by molar-refractivity contribution is -0.148. The van der Waals surface area contributed by atoms with Crippen molar-refractivity contribution in [2.24, 2.45) is 10.8 Å². The first-order valence-corrected chi connectivity index (χ1v) is 8.26. The van der Waals surface area contributed by atoms with Gasteiger partial charge in [-0.25, -0.2) is 0 Å². The number of carbonyl (C=O) groups excluding carboxylic acids is 2. The van der Waals surface area contributed by atoms with E-state index in [1.807, 2.05) is 19.1 Å². The molecule has 1 aromatic carbocycles. The molecule has 1 aliphatic rings. The van der Waals surface area contributed by atoms with Crippen LogP contribution < -0.4 is 0 Å². The summed E-state index contributed by atoms with van der Waals surface area (Å²) in [5, 5.41) is 10.4. The number of carbonyl (C=O) groups is 2. The highest BCUT2D eigenvalue weighted by atomic mass is 35.5. The molecule has 0 aromatic heterocycles. The molecule has 0 amide bonds. The molecule has 1 aliphatic carbocycles. The summed E-state index contributed by atoms with van der Waals surface area (Å²) in [5.41, 5.74) is -0.586. The van der Waals surface area contributed by atoms with Crippen molar-refractivity contribution in [2.45, 2.75) is 39.0 Å². The van der Waals surface area contributed by atoms with Crippen LogP contribution in [0.25, 0.3) is 0 Å². The predicted molar refractivity (Wildman–Crippen MR) is 88.3 cm³/mol. The zero-order valence-corrected chi connectivity index (χ0v) is 14.4. The highest BCUT2D eigenvalue weighted by molar-refractivity contribution is 6.30. The van der Waals surface area contributed by atoms with Crippen molar-refractivity contribution in [1.82, 2.24) is 0 Å². The van der Waals surface area contributed by atoms with Crippen molar-refractivity contribution in [3.05, 3.63) is 34.9 Å². The van der Waals surface area contributed by atoms with E-state index in [9.17, 15) is 14.7 Å². The molecule has 2 unspecified atom stereocenters. The SMILES string of the molecule is CCC1(CO)CCC(CC(=O)OC)(Cc2ccc(Cl)cc2)C1=O. The molecule has 0 heterocycles. The standard InChI is InChI=1S/C18H23ClO4/c1-3-17(12-20)8-9-18(16(17)22,11-15(21)23-2)10-13-4-6-14(19)7-5-13/h4-7,20H,3,8-12H2,1-2H3. The topological polar surface area (TPSA) is 63.6 Å². The Balaban J connectivity index is 2.36. The molecule has 1 aromatic rings. The molecule has 126 valence electrons. The summed E-state index contributed by atoms with van der Waals surface area (Å²) in [7, 11) is 1.33. The molecular formula is C18H23ClO4. The van der Waals surface area contributed by atoms with Crippen molar-refractivity contribution >= 4 is 23.4 Å². The molecule has 2 atom stereocenters. The molecule has 0 spiro atoms. The minimum atomic E-state index is -0.806. The van der Waals surface area contributed by atoms with Crippen LogP contribution in [-0.2, 0) is 20.7 Å². The molecule has 4 nitrogen and oxygen atoms in total. The third-order valence-electron chi connectivity index (χ3n) is 5.19. The molecule has 5 heteroatoms. The second-order valence-corrected chi connectivity index (χ2v) is 6.89. The number of methoxy groups -OCH3 is 1. The third kappa shape index (κ3) is 3.43. The van der Waals surface area contributed by atoms with Gasteiger partial charge in [0.2, 0.25) is 0 Å². The van der Waals surface area contributed by atoms with Gasteiger partial charge in [-0.05, 0) is 43.4 Å². The fourth-order valence-electron chi connectivity index (χ4n) is 3.61. The van der Waals surface area contributed by atoms with Crippen molar-refractivity contribution in [2.75, 3.05) is 13.7 Å². The van der Waals surface area contributed by atoms with Crippen LogP contribution in [0.5, 0.6) is 0 Å². The number of benzene rings is 1. The summed E-state index contributed by atoms with van der Waals surface area (Å²) in [6, 6.07) is 7.31. The van der Waals surface area contributed by atoms with Crippen LogP contribution in [0.15, 0.2) is 24.3 Å². The monoisotopic (exact) mass is 338 g/mol. The number of ketones is 1. The van der Waals surface area contributed by atoms with Crippen molar-refractivity contribution in [1.29, 1.82) is 0 Å². The summed E-state index contributed by atoms with van der Waals surface area (Å²) in [4.78, 5) is 25.0. The van der Waals surface area contributed by atoms with Gasteiger partial charge >= 0.3 is 5.97 Å². The van der Waals surface area contributed by atoms with E-state index in [2.05, 4.69) is 0 Å². The lowest BCUT2D eigenvalue weighted by Gasteiger charge is -2.30. The highest BCUT2D eigenvalue weighted by Gasteiger charge is 2.56. The Labute approximate surface area is 141 Å². The van der Waals surface area contributed by atoms with Crippen LogP contribution in [0, 0.1) is 10.8 Å². The van der Waals surface area contributed by atoms with E-state index in [1.54, 1.807) is 12.1 Å². The zero-order valence-electron chi connectivity index (χ0n) is 13.6. The Bertz CT molecular complexity index is 577. The van der Waals surface area contributed by atoms with Crippen molar-refractivity contribution < 1.29 is 19.4 Å². The maximum absolute atomic E-state index is 13.1. The van der Waals surface area contributed by atoms with Gasteiger partial charge in [-0.3, -0.25) is 9.59 Å². The molecule has 0 bridgehead atoms. The number of Topliss-reactive ketones (excluding diaryl/α,β-unsaturated/α-hetero) is 1. The lowest BCUT2D eigenvalue weighted by Crippen LogP contribution is -2.40. The van der Waals surface area contributed by atoms with E-state index in [4.69, 9.17) is 16.3 Å². The van der Waals surface area contributed by atoms with Gasteiger partial charge in [-0.1, -0.05) is 30.7 Å². The third-order valence-corrected chi connectivity index (χ3v) is 5.44. The van der Waals surface area contributed by atoms with Gasteiger partial charge in [0.1, 0.15) is 5.78 Å². The molecule has 1 N–H and O–H groups in total. The van der Waals surface area contributed by atoms with E-state index in [1.165, 1.54) is 7.11 Å². The average molecular weight is 339 g/mol. The summed E-state index contributed by atoms with van der Waals surface area (Å²) in [6.07, 6.45) is 2.26. The first-order chi connectivity index (χ1) is 10.9. The number of esters is 1. The molecule has 23 heavy (non-hydrogen) atoms. The number of ether oxygens (including phenoxy) is 1. The molecule has 1 fully saturated rings. The Morgan fingerprint density at radius 2 is 1.87 bits per heavy atom. The van der Waals surface area contributed by atoms with Gasteiger partial charge in [-0.2, -0.15) is 0 Å². The van der Waals surface area contributed by atoms with Gasteiger partial charge in [0.25, 0.3) is 0 Å². The second kappa shape index (κ2) is 7.02. The van der Waals surface area contributed by atoms with E-state index in [-0.39, 0.29) is 18.8 Å². The summed E-state index contributed by atoms with van der Waals surface area (Å²) in [6.45, 7) is 1.73. The molecule has 2 rings (SSSR count). The first kappa shape index (κ1) is 18.0. The van der Waals surface area contributed by atoms with Gasteiger partial charge in [0.05, 0.1) is 25.6 Å². The average Bonchev–Trinajstić information content (AvgIpc) is 2.83. The van der Waals surface area contributed by atoms with Crippen molar-refractivity contribution in [3.8, 4) is 0 Å². The Hall–Kier alpha value is -1.39. The number of halogens is 1. The van der Waals surface area contributed by atoms with Gasteiger partial charge in [-0.15, -0.1) is 0 Å². The Morgan fingerprint density at radius 1 is 1.26 bits per heavy atom. The van der Waals surface area contributed by atoms with Gasteiger partial charge in [0.15, 0.2) is 0 Å². The highest BCUT2D eigenvalue weighted by Crippen LogP contribution is 2.51. The molecular weight excluding hydrogens is 316 g/mol. The zero-order chi connectivity index (χ0) is 17.1. The number of aliphatic hydroxyl groups is 1. The van der Waals surface area contributed by atoms with E-state index in [0.717, 1.165) is 5.56 Å². The van der Waals surface area contributed by atoms with Gasteiger partial charge < -0.3 is 9.84 Å². The predicted octanol–water partition coefficient (Wildman–Crippen LogP) is 3.18. The molecule has 0 aliphatic heterocycles. The van der Waals surface area contributed by atoms with Gasteiger partial charge in [0, 0.05) is 10.4 Å². The molecule has 1 saturated carbocycles. The molecule has 0 saturated heterocycles. The number of aliphatic hydroxyl groups excluding tert-OH is 1. The summed E-state index contributed by atoms with van der Waals surface area (Å²) < 4.78 is 4.80. The van der Waals surface area contributed by atoms with Crippen LogP contribution in [0.1, 0.15) is 38.2 Å². The van der Waals surface area contributed by atoms with Crippen LogP contribution in [0.3, 0.4) is 0 Å². The summed E-state index contributed by atoms with van der Waals surface area (Å²) >= 11 is 5.91. The van der Waals surface area contributed by atoms with Crippen LogP contribution >= 0.6 is 11.6 Å². The van der Waals surface area contributed by atoms with E-state index < -0.39 is 16.8 Å². The van der Waals surface area contributed by atoms with Crippen molar-refractivity contribution in [3.63, 3.8) is 0 Å². The first-order valence-electron chi connectivity index (χ1n) is 7.88. The fraction of sp³-hybridized carbons (Fsp3) is 0.556. The quantitative estimate of drug-likeness (QED) is 0.809. The largest absolute Gasteiger partial charge is 0.469 e.